The maximum absolute atomic E-state index is 13.9. The van der Waals surface area contributed by atoms with Crippen molar-refractivity contribution in [2.75, 3.05) is 7.11 Å². The van der Waals surface area contributed by atoms with Crippen LogP contribution in [-0.2, 0) is 17.8 Å². The van der Waals surface area contributed by atoms with Gasteiger partial charge in [-0.2, -0.15) is 0 Å². The summed E-state index contributed by atoms with van der Waals surface area (Å²) < 4.78 is 18.8. The molecule has 0 fully saturated rings. The van der Waals surface area contributed by atoms with Crippen LogP contribution in [0.2, 0.25) is 0 Å². The van der Waals surface area contributed by atoms with Crippen LogP contribution in [-0.4, -0.2) is 12.6 Å². The minimum atomic E-state index is -0.396. The van der Waals surface area contributed by atoms with Gasteiger partial charge in [-0.1, -0.05) is 18.2 Å². The predicted octanol–water partition coefficient (Wildman–Crippen LogP) is 2.25. The molecule has 0 unspecified atom stereocenters. The molecule has 0 saturated heterocycles. The Morgan fingerprint density at radius 2 is 1.93 bits per heavy atom. The number of methoxy groups -OCH3 is 1. The van der Waals surface area contributed by atoms with Crippen molar-refractivity contribution in [2.45, 2.75) is 32.4 Å². The van der Waals surface area contributed by atoms with Crippen LogP contribution in [0, 0.1) is 5.82 Å². The highest BCUT2D eigenvalue weighted by Gasteiger charge is 2.16. The molecule has 0 aliphatic carbocycles. The van der Waals surface area contributed by atoms with Crippen LogP contribution in [0.5, 0.6) is 0 Å². The fourth-order valence-electron chi connectivity index (χ4n) is 1.53. The average Bonchev–Trinajstić information content (AvgIpc) is 2.10. The highest BCUT2D eigenvalue weighted by atomic mass is 19.1. The van der Waals surface area contributed by atoms with E-state index in [9.17, 15) is 4.39 Å². The second-order valence-corrected chi connectivity index (χ2v) is 4.49. The van der Waals surface area contributed by atoms with Gasteiger partial charge in [0.05, 0.1) is 6.61 Å². The Kier molecular flexibility index (Phi) is 3.83. The van der Waals surface area contributed by atoms with Crippen LogP contribution < -0.4 is 5.73 Å². The largest absolute Gasteiger partial charge is 0.380 e. The molecule has 0 radical (unpaired) electrons. The lowest BCUT2D eigenvalue weighted by atomic mass is 9.95. The molecule has 0 amide bonds. The van der Waals surface area contributed by atoms with E-state index >= 15 is 0 Å². The van der Waals surface area contributed by atoms with Crippen LogP contribution in [0.15, 0.2) is 18.2 Å². The summed E-state index contributed by atoms with van der Waals surface area (Å²) in [4.78, 5) is 0. The van der Waals surface area contributed by atoms with Gasteiger partial charge in [-0.15, -0.1) is 0 Å². The third kappa shape index (κ3) is 3.61. The van der Waals surface area contributed by atoms with Crippen molar-refractivity contribution >= 4 is 0 Å². The number of nitrogens with two attached hydrogens (primary N) is 1. The van der Waals surface area contributed by atoms with E-state index in [1.807, 2.05) is 19.9 Å². The van der Waals surface area contributed by atoms with Gasteiger partial charge in [0.1, 0.15) is 5.82 Å². The van der Waals surface area contributed by atoms with Crippen molar-refractivity contribution in [2.24, 2.45) is 5.73 Å². The summed E-state index contributed by atoms with van der Waals surface area (Å²) in [6.45, 7) is 4.07. The first kappa shape index (κ1) is 12.1. The summed E-state index contributed by atoms with van der Waals surface area (Å²) in [5.74, 6) is -0.196. The normalized spacial score (nSPS) is 11.8. The van der Waals surface area contributed by atoms with E-state index < -0.39 is 5.54 Å². The Labute approximate surface area is 90.2 Å². The maximum atomic E-state index is 13.9. The minimum absolute atomic E-state index is 0.196. The number of hydrogen-bond acceptors (Lipinski definition) is 2. The van der Waals surface area contributed by atoms with E-state index in [0.717, 1.165) is 0 Å². The van der Waals surface area contributed by atoms with Gasteiger partial charge in [-0.3, -0.25) is 0 Å². The zero-order valence-electron chi connectivity index (χ0n) is 9.51. The molecule has 0 saturated carbocycles. The summed E-state index contributed by atoms with van der Waals surface area (Å²) in [7, 11) is 1.55. The summed E-state index contributed by atoms with van der Waals surface area (Å²) in [5, 5.41) is 0. The van der Waals surface area contributed by atoms with Crippen LogP contribution in [0.25, 0.3) is 0 Å². The quantitative estimate of drug-likeness (QED) is 0.829. The van der Waals surface area contributed by atoms with Crippen molar-refractivity contribution in [1.29, 1.82) is 0 Å². The molecule has 0 atom stereocenters. The third-order valence-electron chi connectivity index (χ3n) is 2.10. The molecule has 3 heteroatoms. The monoisotopic (exact) mass is 211 g/mol. The highest BCUT2D eigenvalue weighted by molar-refractivity contribution is 5.26. The van der Waals surface area contributed by atoms with Gasteiger partial charge < -0.3 is 10.5 Å². The molecule has 2 N–H and O–H groups in total. The van der Waals surface area contributed by atoms with E-state index in [0.29, 0.717) is 24.2 Å². The van der Waals surface area contributed by atoms with Gasteiger partial charge >= 0.3 is 0 Å². The Morgan fingerprint density at radius 1 is 1.33 bits per heavy atom. The lowest BCUT2D eigenvalue weighted by molar-refractivity contribution is 0.181. The van der Waals surface area contributed by atoms with E-state index in [1.54, 1.807) is 19.2 Å². The van der Waals surface area contributed by atoms with Crippen LogP contribution in [0.4, 0.5) is 4.39 Å². The number of hydrogen-bond donors (Lipinski definition) is 1. The molecular formula is C12H18FNO. The Balaban J connectivity index is 2.94. The SMILES string of the molecule is COCc1cccc(CC(C)(C)N)c1F. The number of rotatable bonds is 4. The van der Waals surface area contributed by atoms with Crippen LogP contribution >= 0.6 is 0 Å². The fourth-order valence-corrected chi connectivity index (χ4v) is 1.53. The summed E-state index contributed by atoms with van der Waals surface area (Å²) in [5.41, 5.74) is 6.70. The van der Waals surface area contributed by atoms with Crippen molar-refractivity contribution in [3.05, 3.63) is 35.1 Å². The molecule has 0 spiro atoms. The first-order valence-corrected chi connectivity index (χ1v) is 4.98. The van der Waals surface area contributed by atoms with Crippen LogP contribution in [0.1, 0.15) is 25.0 Å². The third-order valence-corrected chi connectivity index (χ3v) is 2.10. The zero-order chi connectivity index (χ0) is 11.5. The summed E-state index contributed by atoms with van der Waals surface area (Å²) in [6, 6.07) is 5.33. The number of benzene rings is 1. The number of halogens is 1. The second-order valence-electron chi connectivity index (χ2n) is 4.49. The van der Waals surface area contributed by atoms with Crippen molar-refractivity contribution in [1.82, 2.24) is 0 Å². The molecule has 15 heavy (non-hydrogen) atoms. The summed E-state index contributed by atoms with van der Waals surface area (Å²) >= 11 is 0. The molecule has 0 aromatic heterocycles. The van der Waals surface area contributed by atoms with Crippen molar-refractivity contribution < 1.29 is 9.13 Å². The highest BCUT2D eigenvalue weighted by Crippen LogP contribution is 2.18. The fraction of sp³-hybridized carbons (Fsp3) is 0.500. The summed E-state index contributed by atoms with van der Waals surface area (Å²) in [6.07, 6.45) is 0.524. The molecule has 2 nitrogen and oxygen atoms in total. The minimum Gasteiger partial charge on any atom is -0.380 e. The molecule has 84 valence electrons. The first-order valence-electron chi connectivity index (χ1n) is 4.98. The molecule has 0 aliphatic rings. The van der Waals surface area contributed by atoms with Gasteiger partial charge in [0, 0.05) is 18.2 Å². The predicted molar refractivity (Wildman–Crippen MR) is 59.1 cm³/mol. The number of ether oxygens (including phenoxy) is 1. The first-order chi connectivity index (χ1) is 6.94. The lowest BCUT2D eigenvalue weighted by Gasteiger charge is -2.19. The topological polar surface area (TPSA) is 35.2 Å². The molecule has 1 aromatic carbocycles. The lowest BCUT2D eigenvalue weighted by Crippen LogP contribution is -2.34. The van der Waals surface area contributed by atoms with E-state index in [2.05, 4.69) is 0 Å². The standard InChI is InChI=1S/C12H18FNO/c1-12(2,14)7-9-5-4-6-10(8-15-3)11(9)13/h4-6H,7-8,14H2,1-3H3. The van der Waals surface area contributed by atoms with Gasteiger partial charge in [-0.25, -0.2) is 4.39 Å². The van der Waals surface area contributed by atoms with Crippen molar-refractivity contribution in [3.8, 4) is 0 Å². The van der Waals surface area contributed by atoms with E-state index in [1.165, 1.54) is 0 Å². The van der Waals surface area contributed by atoms with Gasteiger partial charge in [0.25, 0.3) is 0 Å². The average molecular weight is 211 g/mol. The van der Waals surface area contributed by atoms with Gasteiger partial charge in [-0.05, 0) is 25.8 Å². The molecule has 0 heterocycles. The molecular weight excluding hydrogens is 193 g/mol. The zero-order valence-corrected chi connectivity index (χ0v) is 9.51. The van der Waals surface area contributed by atoms with E-state index in [4.69, 9.17) is 10.5 Å². The molecule has 0 bridgehead atoms. The molecule has 1 rings (SSSR count). The van der Waals surface area contributed by atoms with Gasteiger partial charge in [0.15, 0.2) is 0 Å². The Bertz CT molecular complexity index is 331. The second kappa shape index (κ2) is 4.73. The Hall–Kier alpha value is -0.930. The van der Waals surface area contributed by atoms with Crippen LogP contribution in [0.3, 0.4) is 0 Å². The van der Waals surface area contributed by atoms with E-state index in [-0.39, 0.29) is 5.82 Å². The Morgan fingerprint density at radius 3 is 2.47 bits per heavy atom. The molecule has 0 aliphatic heterocycles. The smallest absolute Gasteiger partial charge is 0.131 e. The van der Waals surface area contributed by atoms with Crippen molar-refractivity contribution in [3.63, 3.8) is 0 Å². The van der Waals surface area contributed by atoms with Gasteiger partial charge in [0.2, 0.25) is 0 Å². The molecule has 1 aromatic rings. The maximum Gasteiger partial charge on any atom is 0.131 e.